The van der Waals surface area contributed by atoms with Crippen molar-refractivity contribution >= 4 is 18.2 Å². The van der Waals surface area contributed by atoms with Gasteiger partial charge >= 0.3 is 0 Å². The molecule has 1 aromatic heterocycles. The number of benzene rings is 1. The summed E-state index contributed by atoms with van der Waals surface area (Å²) in [5, 5.41) is 17.1. The van der Waals surface area contributed by atoms with Crippen LogP contribution in [-0.4, -0.2) is 22.0 Å². The van der Waals surface area contributed by atoms with E-state index < -0.39 is 0 Å². The van der Waals surface area contributed by atoms with E-state index >= 15 is 0 Å². The second kappa shape index (κ2) is 6.33. The smallest absolute Gasteiger partial charge is 0.160 e. The molecular formula is C13H18ClN3O2. The molecule has 0 saturated heterocycles. The van der Waals surface area contributed by atoms with E-state index in [-0.39, 0.29) is 18.2 Å². The molecule has 1 heterocycles. The second-order valence-electron chi connectivity index (χ2n) is 4.15. The van der Waals surface area contributed by atoms with Gasteiger partial charge in [0.25, 0.3) is 0 Å². The predicted molar refractivity (Wildman–Crippen MR) is 77.2 cm³/mol. The van der Waals surface area contributed by atoms with E-state index in [4.69, 9.17) is 4.74 Å². The summed E-state index contributed by atoms with van der Waals surface area (Å²) in [6, 6.07) is 7.28. The van der Waals surface area contributed by atoms with Crippen LogP contribution in [0.25, 0.3) is 0 Å². The number of halogens is 1. The lowest BCUT2D eigenvalue weighted by molar-refractivity contribution is 0.373. The molecule has 0 unspecified atom stereocenters. The first-order valence-electron chi connectivity index (χ1n) is 5.70. The van der Waals surface area contributed by atoms with E-state index in [9.17, 15) is 5.11 Å². The lowest BCUT2D eigenvalue weighted by Crippen LogP contribution is -2.04. The molecule has 5 nitrogen and oxygen atoms in total. The Morgan fingerprint density at radius 3 is 2.68 bits per heavy atom. The number of nitrogens with zero attached hydrogens (tertiary/aromatic N) is 2. The summed E-state index contributed by atoms with van der Waals surface area (Å²) in [5.41, 5.74) is 2.01. The van der Waals surface area contributed by atoms with Gasteiger partial charge < -0.3 is 15.2 Å². The first-order valence-corrected chi connectivity index (χ1v) is 5.70. The third kappa shape index (κ3) is 3.54. The summed E-state index contributed by atoms with van der Waals surface area (Å²) in [6.45, 7) is 2.60. The average molecular weight is 284 g/mol. The van der Waals surface area contributed by atoms with Crippen molar-refractivity contribution in [2.24, 2.45) is 7.05 Å². The number of aryl methyl sites for hydroxylation is 2. The normalized spacial score (nSPS) is 9.84. The fourth-order valence-electron chi connectivity index (χ4n) is 1.80. The summed E-state index contributed by atoms with van der Waals surface area (Å²) in [6.07, 6.45) is 0. The molecular weight excluding hydrogens is 266 g/mol. The van der Waals surface area contributed by atoms with Gasteiger partial charge in [-0.3, -0.25) is 4.68 Å². The number of phenols is 1. The Hall–Kier alpha value is -1.88. The Morgan fingerprint density at radius 2 is 2.11 bits per heavy atom. The number of hydrogen-bond donors (Lipinski definition) is 2. The fourth-order valence-corrected chi connectivity index (χ4v) is 1.80. The Morgan fingerprint density at radius 1 is 1.37 bits per heavy atom. The largest absolute Gasteiger partial charge is 0.504 e. The van der Waals surface area contributed by atoms with Gasteiger partial charge in [0.15, 0.2) is 11.5 Å². The number of anilines is 1. The summed E-state index contributed by atoms with van der Waals surface area (Å²) in [7, 11) is 3.43. The summed E-state index contributed by atoms with van der Waals surface area (Å²) in [5.74, 6) is 1.59. The zero-order valence-corrected chi connectivity index (χ0v) is 12.0. The topological polar surface area (TPSA) is 59.3 Å². The number of aromatic hydroxyl groups is 1. The molecule has 2 rings (SSSR count). The number of aromatic nitrogens is 2. The van der Waals surface area contributed by atoms with Crippen molar-refractivity contribution in [3.05, 3.63) is 35.5 Å². The van der Waals surface area contributed by atoms with Gasteiger partial charge in [-0.05, 0) is 24.6 Å². The standard InChI is InChI=1S/C13H17N3O2.ClH/c1-9-6-13(16(2)15-9)14-8-10-4-5-11(17)12(7-10)18-3;/h4-7,14,17H,8H2,1-3H3;1H. The van der Waals surface area contributed by atoms with Crippen molar-refractivity contribution in [3.63, 3.8) is 0 Å². The predicted octanol–water partition coefficient (Wildman–Crippen LogP) is 2.48. The molecule has 0 spiro atoms. The highest BCUT2D eigenvalue weighted by Gasteiger charge is 2.04. The zero-order valence-electron chi connectivity index (χ0n) is 11.2. The molecule has 2 aromatic rings. The van der Waals surface area contributed by atoms with E-state index in [0.717, 1.165) is 17.1 Å². The third-order valence-corrected chi connectivity index (χ3v) is 2.72. The first kappa shape index (κ1) is 15.2. The van der Waals surface area contributed by atoms with Gasteiger partial charge in [0.2, 0.25) is 0 Å². The van der Waals surface area contributed by atoms with Gasteiger partial charge in [0.1, 0.15) is 5.82 Å². The average Bonchev–Trinajstić information content (AvgIpc) is 2.67. The molecule has 0 aliphatic rings. The molecule has 19 heavy (non-hydrogen) atoms. The molecule has 0 fully saturated rings. The van der Waals surface area contributed by atoms with Crippen LogP contribution < -0.4 is 10.1 Å². The monoisotopic (exact) mass is 283 g/mol. The second-order valence-corrected chi connectivity index (χ2v) is 4.15. The number of hydrogen-bond acceptors (Lipinski definition) is 4. The van der Waals surface area contributed by atoms with Gasteiger partial charge in [0.05, 0.1) is 12.8 Å². The van der Waals surface area contributed by atoms with Crippen LogP contribution in [0.2, 0.25) is 0 Å². The quantitative estimate of drug-likeness (QED) is 0.905. The molecule has 1 aromatic carbocycles. The van der Waals surface area contributed by atoms with Crippen molar-refractivity contribution in [2.75, 3.05) is 12.4 Å². The maximum Gasteiger partial charge on any atom is 0.160 e. The summed E-state index contributed by atoms with van der Waals surface area (Å²) >= 11 is 0. The Bertz CT molecular complexity index is 555. The lowest BCUT2D eigenvalue weighted by Gasteiger charge is -2.09. The first-order chi connectivity index (χ1) is 8.60. The Labute approximate surface area is 118 Å². The van der Waals surface area contributed by atoms with Crippen LogP contribution in [0.4, 0.5) is 5.82 Å². The van der Waals surface area contributed by atoms with E-state index in [1.807, 2.05) is 32.2 Å². The van der Waals surface area contributed by atoms with Crippen LogP contribution in [0.3, 0.4) is 0 Å². The van der Waals surface area contributed by atoms with Crippen molar-refractivity contribution < 1.29 is 9.84 Å². The molecule has 104 valence electrons. The molecule has 2 N–H and O–H groups in total. The Balaban J connectivity index is 0.00000180. The van der Waals surface area contributed by atoms with E-state index in [0.29, 0.717) is 12.3 Å². The summed E-state index contributed by atoms with van der Waals surface area (Å²) in [4.78, 5) is 0. The maximum absolute atomic E-state index is 9.51. The number of rotatable bonds is 4. The summed E-state index contributed by atoms with van der Waals surface area (Å²) < 4.78 is 6.87. The minimum atomic E-state index is 0. The molecule has 0 radical (unpaired) electrons. The molecule has 6 heteroatoms. The van der Waals surface area contributed by atoms with Gasteiger partial charge in [-0.2, -0.15) is 5.10 Å². The van der Waals surface area contributed by atoms with Gasteiger partial charge in [-0.1, -0.05) is 6.07 Å². The highest BCUT2D eigenvalue weighted by atomic mass is 35.5. The number of nitrogens with one attached hydrogen (secondary N) is 1. The van der Waals surface area contributed by atoms with Crippen LogP contribution in [0.15, 0.2) is 24.3 Å². The van der Waals surface area contributed by atoms with Gasteiger partial charge in [-0.15, -0.1) is 12.4 Å². The molecule has 0 saturated carbocycles. The maximum atomic E-state index is 9.51. The molecule has 0 aliphatic heterocycles. The van der Waals surface area contributed by atoms with Crippen LogP contribution in [0, 0.1) is 6.92 Å². The fraction of sp³-hybridized carbons (Fsp3) is 0.308. The molecule has 0 bridgehead atoms. The van der Waals surface area contributed by atoms with Crippen LogP contribution >= 0.6 is 12.4 Å². The number of phenolic OH excluding ortho intramolecular Hbond substituents is 1. The third-order valence-electron chi connectivity index (χ3n) is 2.72. The van der Waals surface area contributed by atoms with E-state index in [1.165, 1.54) is 7.11 Å². The molecule has 0 atom stereocenters. The van der Waals surface area contributed by atoms with Crippen molar-refractivity contribution in [1.29, 1.82) is 0 Å². The van der Waals surface area contributed by atoms with Crippen molar-refractivity contribution in [2.45, 2.75) is 13.5 Å². The lowest BCUT2D eigenvalue weighted by atomic mass is 10.2. The minimum Gasteiger partial charge on any atom is -0.504 e. The van der Waals surface area contributed by atoms with Crippen LogP contribution in [0.1, 0.15) is 11.3 Å². The number of ether oxygens (including phenoxy) is 1. The SMILES string of the molecule is COc1cc(CNc2cc(C)nn2C)ccc1O.Cl. The highest BCUT2D eigenvalue weighted by Crippen LogP contribution is 2.26. The van der Waals surface area contributed by atoms with Crippen molar-refractivity contribution in [3.8, 4) is 11.5 Å². The van der Waals surface area contributed by atoms with Crippen LogP contribution in [-0.2, 0) is 13.6 Å². The zero-order chi connectivity index (χ0) is 13.1. The molecule has 0 amide bonds. The van der Waals surface area contributed by atoms with E-state index in [1.54, 1.807) is 10.7 Å². The molecule has 0 aliphatic carbocycles. The van der Waals surface area contributed by atoms with Crippen LogP contribution in [0.5, 0.6) is 11.5 Å². The number of methoxy groups -OCH3 is 1. The minimum absolute atomic E-state index is 0. The van der Waals surface area contributed by atoms with Gasteiger partial charge in [-0.25, -0.2) is 0 Å². The Kier molecular flexibility index (Phi) is 5.06. The highest BCUT2D eigenvalue weighted by molar-refractivity contribution is 5.85. The van der Waals surface area contributed by atoms with Crippen molar-refractivity contribution in [1.82, 2.24) is 9.78 Å². The van der Waals surface area contributed by atoms with E-state index in [2.05, 4.69) is 10.4 Å². The van der Waals surface area contributed by atoms with Gasteiger partial charge in [0, 0.05) is 19.7 Å².